The predicted molar refractivity (Wildman–Crippen MR) is 160 cm³/mol. The van der Waals surface area contributed by atoms with Gasteiger partial charge >= 0.3 is 5.97 Å². The fraction of sp³-hybridized carbons (Fsp3) is 0.250. The first-order valence-electron chi connectivity index (χ1n) is 13.8. The van der Waals surface area contributed by atoms with Crippen LogP contribution in [0.1, 0.15) is 30.8 Å². The molecule has 5 heterocycles. The Morgan fingerprint density at radius 1 is 0.976 bits per heavy atom. The Labute approximate surface area is 243 Å². The van der Waals surface area contributed by atoms with Crippen molar-refractivity contribution < 1.29 is 14.3 Å². The summed E-state index contributed by atoms with van der Waals surface area (Å²) in [5.74, 6) is 0.227. The van der Waals surface area contributed by atoms with Crippen LogP contribution in [0.2, 0.25) is 0 Å². The summed E-state index contributed by atoms with van der Waals surface area (Å²) >= 11 is 0. The van der Waals surface area contributed by atoms with E-state index >= 15 is 0 Å². The number of aromatic nitrogens is 5. The number of nitrogen functional groups attached to an aromatic ring is 1. The number of rotatable bonds is 5. The molecular weight excluding hydrogens is 530 g/mol. The van der Waals surface area contributed by atoms with Crippen LogP contribution in [0.25, 0.3) is 39.5 Å². The van der Waals surface area contributed by atoms with Crippen LogP contribution in [0.3, 0.4) is 0 Å². The van der Waals surface area contributed by atoms with Crippen LogP contribution in [0, 0.1) is 11.3 Å². The minimum atomic E-state index is -0.419. The van der Waals surface area contributed by atoms with E-state index in [-0.39, 0.29) is 17.8 Å². The lowest BCUT2D eigenvalue weighted by Crippen LogP contribution is -2.50. The summed E-state index contributed by atoms with van der Waals surface area (Å²) in [5, 5.41) is 0. The molecule has 1 aliphatic heterocycles. The lowest BCUT2D eigenvalue weighted by molar-refractivity contribution is -0.152. The molecule has 4 aromatic heterocycles. The van der Waals surface area contributed by atoms with Gasteiger partial charge in [0.1, 0.15) is 17.0 Å². The fourth-order valence-electron chi connectivity index (χ4n) is 5.67. The largest absolute Gasteiger partial charge is 0.469 e. The van der Waals surface area contributed by atoms with Gasteiger partial charge in [-0.15, -0.1) is 0 Å². The summed E-state index contributed by atoms with van der Waals surface area (Å²) in [7, 11) is 1.40. The van der Waals surface area contributed by atoms with Crippen LogP contribution >= 0.6 is 0 Å². The summed E-state index contributed by atoms with van der Waals surface area (Å²) in [6, 6.07) is 21.0. The maximum Gasteiger partial charge on any atom is 0.309 e. The van der Waals surface area contributed by atoms with Gasteiger partial charge in [0.2, 0.25) is 0 Å². The number of hydrogen-bond donors (Lipinski definition) is 1. The molecule has 10 nitrogen and oxygen atoms in total. The smallest absolute Gasteiger partial charge is 0.309 e. The number of methoxy groups -OCH3 is 1. The van der Waals surface area contributed by atoms with E-state index in [1.54, 1.807) is 23.4 Å². The predicted octanol–water partition coefficient (Wildman–Crippen LogP) is 4.79. The molecule has 1 atom stereocenters. The number of esters is 1. The number of nitrogens with zero attached hydrogens (tertiary/aromatic N) is 6. The van der Waals surface area contributed by atoms with Crippen molar-refractivity contribution in [1.82, 2.24) is 29.4 Å². The van der Waals surface area contributed by atoms with Crippen molar-refractivity contribution in [2.24, 2.45) is 11.3 Å². The van der Waals surface area contributed by atoms with Crippen LogP contribution in [0.5, 0.6) is 0 Å². The molecule has 0 radical (unpaired) electrons. The first-order valence-corrected chi connectivity index (χ1v) is 13.8. The van der Waals surface area contributed by atoms with Gasteiger partial charge in [0, 0.05) is 24.8 Å². The van der Waals surface area contributed by atoms with Gasteiger partial charge in [0.25, 0.3) is 5.91 Å². The summed E-state index contributed by atoms with van der Waals surface area (Å²) in [6.45, 7) is 4.85. The molecule has 1 unspecified atom stereocenters. The van der Waals surface area contributed by atoms with E-state index in [1.165, 1.54) is 7.11 Å². The average Bonchev–Trinajstić information content (AvgIpc) is 3.39. The van der Waals surface area contributed by atoms with Gasteiger partial charge in [-0.25, -0.2) is 19.9 Å². The first-order chi connectivity index (χ1) is 20.3. The van der Waals surface area contributed by atoms with Crippen molar-refractivity contribution in [1.29, 1.82) is 0 Å². The SMILES string of the molecule is COC(=O)C1CCN(C(=O)c2ccc(-n3c(-c4cccnc4N)nc4ccc(-c5ccccc5)nc43)cn2)CC1(C)C. The van der Waals surface area contributed by atoms with Gasteiger partial charge in [0.05, 0.1) is 36.2 Å². The van der Waals surface area contributed by atoms with Gasteiger partial charge in [-0.1, -0.05) is 44.2 Å². The molecule has 1 aromatic carbocycles. The van der Waals surface area contributed by atoms with E-state index in [4.69, 9.17) is 20.4 Å². The number of imidazole rings is 1. The summed E-state index contributed by atoms with van der Waals surface area (Å²) in [6.07, 6.45) is 3.82. The number of anilines is 1. The minimum Gasteiger partial charge on any atom is -0.469 e. The number of piperidine rings is 1. The number of ether oxygens (including phenoxy) is 1. The highest BCUT2D eigenvalue weighted by Crippen LogP contribution is 2.36. The van der Waals surface area contributed by atoms with Crippen molar-refractivity contribution in [3.05, 3.63) is 84.8 Å². The Bertz CT molecular complexity index is 1780. The molecular formula is C32H31N7O3. The Morgan fingerprint density at radius 3 is 2.48 bits per heavy atom. The van der Waals surface area contributed by atoms with Crippen LogP contribution < -0.4 is 5.73 Å². The summed E-state index contributed by atoms with van der Waals surface area (Å²) in [5.41, 5.74) is 10.6. The molecule has 1 saturated heterocycles. The van der Waals surface area contributed by atoms with Crippen LogP contribution in [0.15, 0.2) is 79.1 Å². The highest BCUT2D eigenvalue weighted by Gasteiger charge is 2.42. The molecule has 0 bridgehead atoms. The van der Waals surface area contributed by atoms with Crippen molar-refractivity contribution >= 4 is 28.9 Å². The Hall–Kier alpha value is -5.12. The van der Waals surface area contributed by atoms with E-state index in [0.717, 1.165) is 11.3 Å². The molecule has 1 amide bonds. The number of hydrogen-bond acceptors (Lipinski definition) is 8. The number of likely N-dealkylation sites (tertiary alicyclic amines) is 1. The lowest BCUT2D eigenvalue weighted by Gasteiger charge is -2.42. The van der Waals surface area contributed by atoms with Crippen molar-refractivity contribution in [3.63, 3.8) is 0 Å². The molecule has 2 N–H and O–H groups in total. The second-order valence-electron chi connectivity index (χ2n) is 11.1. The topological polar surface area (TPSA) is 129 Å². The zero-order chi connectivity index (χ0) is 29.4. The molecule has 0 spiro atoms. The second kappa shape index (κ2) is 10.7. The number of nitrogens with two attached hydrogens (primary N) is 1. The summed E-state index contributed by atoms with van der Waals surface area (Å²) in [4.78, 5) is 46.2. The normalized spacial score (nSPS) is 16.4. The fourth-order valence-corrected chi connectivity index (χ4v) is 5.67. The van der Waals surface area contributed by atoms with Crippen LogP contribution in [0.4, 0.5) is 5.82 Å². The maximum atomic E-state index is 13.5. The summed E-state index contributed by atoms with van der Waals surface area (Å²) < 4.78 is 6.88. The molecule has 0 aliphatic carbocycles. The average molecular weight is 562 g/mol. The maximum absolute atomic E-state index is 13.5. The molecule has 0 saturated carbocycles. The molecule has 10 heteroatoms. The van der Waals surface area contributed by atoms with E-state index in [2.05, 4.69) is 9.97 Å². The molecule has 6 rings (SSSR count). The number of fused-ring (bicyclic) bond motifs is 1. The van der Waals surface area contributed by atoms with Crippen LogP contribution in [-0.4, -0.2) is 61.5 Å². The lowest BCUT2D eigenvalue weighted by atomic mass is 9.74. The third-order valence-corrected chi connectivity index (χ3v) is 7.88. The zero-order valence-electron chi connectivity index (χ0n) is 23.7. The van der Waals surface area contributed by atoms with Crippen molar-refractivity contribution in [3.8, 4) is 28.3 Å². The number of pyridine rings is 3. The van der Waals surface area contributed by atoms with Crippen molar-refractivity contribution in [2.45, 2.75) is 20.3 Å². The highest BCUT2D eigenvalue weighted by atomic mass is 16.5. The number of amides is 1. The molecule has 42 heavy (non-hydrogen) atoms. The van der Waals surface area contributed by atoms with Gasteiger partial charge < -0.3 is 15.4 Å². The van der Waals surface area contributed by atoms with E-state index in [9.17, 15) is 9.59 Å². The van der Waals surface area contributed by atoms with Gasteiger partial charge in [0.15, 0.2) is 11.5 Å². The number of carbonyl (C=O) groups excluding carboxylic acids is 2. The Kier molecular flexibility index (Phi) is 6.89. The van der Waals surface area contributed by atoms with E-state index < -0.39 is 5.41 Å². The Balaban J connectivity index is 1.38. The van der Waals surface area contributed by atoms with Gasteiger partial charge in [-0.05, 0) is 48.2 Å². The van der Waals surface area contributed by atoms with Crippen molar-refractivity contribution in [2.75, 3.05) is 25.9 Å². The Morgan fingerprint density at radius 2 is 1.79 bits per heavy atom. The monoisotopic (exact) mass is 561 g/mol. The number of carbonyl (C=O) groups is 2. The second-order valence-corrected chi connectivity index (χ2v) is 11.1. The third-order valence-electron chi connectivity index (χ3n) is 7.88. The van der Waals surface area contributed by atoms with Gasteiger partial charge in [-0.3, -0.25) is 14.2 Å². The molecule has 5 aromatic rings. The van der Waals surface area contributed by atoms with Crippen LogP contribution in [-0.2, 0) is 9.53 Å². The quantitative estimate of drug-likeness (QED) is 0.303. The van der Waals surface area contributed by atoms with Gasteiger partial charge in [-0.2, -0.15) is 0 Å². The molecule has 1 aliphatic rings. The van der Waals surface area contributed by atoms with E-state index in [0.29, 0.717) is 59.3 Å². The van der Waals surface area contributed by atoms with E-state index in [1.807, 2.05) is 79.1 Å². The minimum absolute atomic E-state index is 0.186. The molecule has 1 fully saturated rings. The first kappa shape index (κ1) is 27.1. The zero-order valence-corrected chi connectivity index (χ0v) is 23.7. The standard InChI is InChI=1S/C32H31N7O3/c1-32(2)19-38(17-15-23(32)31(41)42-3)30(40)26-12-11-21(18-35-26)39-28(22-10-7-16-34-27(22)33)37-25-14-13-24(36-29(25)39)20-8-5-4-6-9-20/h4-14,16,18,23H,15,17,19H2,1-3H3,(H2,33,34). The highest BCUT2D eigenvalue weighted by molar-refractivity contribution is 5.93. The number of benzene rings is 1. The molecule has 212 valence electrons. The third kappa shape index (κ3) is 4.85.